The molecule has 0 unspecified atom stereocenters. The van der Waals surface area contributed by atoms with E-state index in [1.54, 1.807) is 24.3 Å². The van der Waals surface area contributed by atoms with Crippen molar-refractivity contribution < 1.29 is 14.3 Å². The summed E-state index contributed by atoms with van der Waals surface area (Å²) in [5, 5.41) is 11.4. The molecular formula is C28H31N5O3. The Bertz CT molecular complexity index is 1420. The average molecular weight is 486 g/mol. The summed E-state index contributed by atoms with van der Waals surface area (Å²) in [5.41, 5.74) is 6.98. The number of anilines is 2. The van der Waals surface area contributed by atoms with Crippen molar-refractivity contribution in [2.75, 3.05) is 17.2 Å². The zero-order chi connectivity index (χ0) is 25.8. The van der Waals surface area contributed by atoms with Crippen molar-refractivity contribution in [3.63, 3.8) is 0 Å². The van der Waals surface area contributed by atoms with E-state index in [1.807, 2.05) is 50.6 Å². The zero-order valence-electron chi connectivity index (χ0n) is 21.3. The summed E-state index contributed by atoms with van der Waals surface area (Å²) in [5.74, 6) is 0.276. The molecule has 2 heterocycles. The van der Waals surface area contributed by atoms with Gasteiger partial charge < -0.3 is 15.4 Å². The maximum atomic E-state index is 12.7. The topological polar surface area (TPSA) is 98.1 Å². The van der Waals surface area contributed by atoms with Crippen LogP contribution in [0.4, 0.5) is 11.4 Å². The molecule has 36 heavy (non-hydrogen) atoms. The molecule has 186 valence electrons. The Balaban J connectivity index is 1.59. The van der Waals surface area contributed by atoms with Gasteiger partial charge in [0.05, 0.1) is 18.0 Å². The van der Waals surface area contributed by atoms with Gasteiger partial charge in [-0.05, 0) is 81.6 Å². The molecule has 8 heteroatoms. The lowest BCUT2D eigenvalue weighted by molar-refractivity contribution is -0.116. The van der Waals surface area contributed by atoms with E-state index >= 15 is 0 Å². The first-order chi connectivity index (χ1) is 17.3. The van der Waals surface area contributed by atoms with E-state index in [9.17, 15) is 9.59 Å². The fourth-order valence-electron chi connectivity index (χ4n) is 4.32. The molecule has 0 aliphatic rings. The van der Waals surface area contributed by atoms with Crippen molar-refractivity contribution in [1.82, 2.24) is 14.8 Å². The number of rotatable bonds is 8. The summed E-state index contributed by atoms with van der Waals surface area (Å²) in [6.07, 6.45) is 0.752. The highest BCUT2D eigenvalue weighted by Gasteiger charge is 2.20. The molecule has 0 aliphatic carbocycles. The van der Waals surface area contributed by atoms with Gasteiger partial charge in [-0.3, -0.25) is 9.59 Å². The Hall–Kier alpha value is -4.20. The van der Waals surface area contributed by atoms with Crippen LogP contribution in [0.2, 0.25) is 0 Å². The van der Waals surface area contributed by atoms with Crippen LogP contribution in [-0.4, -0.2) is 33.2 Å². The molecule has 0 bridgehead atoms. The molecule has 0 radical (unpaired) electrons. The molecule has 2 amide bonds. The minimum Gasteiger partial charge on any atom is -0.478 e. The van der Waals surface area contributed by atoms with E-state index in [1.165, 1.54) is 6.92 Å². The van der Waals surface area contributed by atoms with E-state index in [4.69, 9.17) is 14.8 Å². The quantitative estimate of drug-likeness (QED) is 0.354. The first kappa shape index (κ1) is 24.9. The Labute approximate surface area is 210 Å². The van der Waals surface area contributed by atoms with Crippen LogP contribution < -0.4 is 15.4 Å². The molecule has 2 aromatic heterocycles. The average Bonchev–Trinajstić information content (AvgIpc) is 3.16. The number of aryl methyl sites for hydroxylation is 3. The lowest BCUT2D eigenvalue weighted by Crippen LogP contribution is -2.14. The number of ether oxygens (including phenoxy) is 1. The zero-order valence-corrected chi connectivity index (χ0v) is 21.3. The third-order valence-corrected chi connectivity index (χ3v) is 5.95. The van der Waals surface area contributed by atoms with Crippen LogP contribution in [0, 0.1) is 20.8 Å². The van der Waals surface area contributed by atoms with Gasteiger partial charge in [-0.2, -0.15) is 10.1 Å². The summed E-state index contributed by atoms with van der Waals surface area (Å²) < 4.78 is 7.78. The minimum atomic E-state index is -0.141. The predicted molar refractivity (Wildman–Crippen MR) is 142 cm³/mol. The van der Waals surface area contributed by atoms with Crippen molar-refractivity contribution >= 4 is 34.2 Å². The van der Waals surface area contributed by atoms with Gasteiger partial charge in [-0.25, -0.2) is 4.68 Å². The number of nitrogens with zero attached hydrogens (tertiary/aromatic N) is 3. The van der Waals surface area contributed by atoms with Gasteiger partial charge in [0.15, 0.2) is 5.65 Å². The number of benzene rings is 2. The highest BCUT2D eigenvalue weighted by Crippen LogP contribution is 2.32. The molecule has 0 fully saturated rings. The van der Waals surface area contributed by atoms with Crippen LogP contribution in [0.5, 0.6) is 5.88 Å². The molecule has 2 N–H and O–H groups in total. The molecule has 4 rings (SSSR count). The van der Waals surface area contributed by atoms with Crippen molar-refractivity contribution in [3.8, 4) is 11.6 Å². The van der Waals surface area contributed by atoms with Crippen molar-refractivity contribution in [3.05, 3.63) is 70.9 Å². The maximum Gasteiger partial charge on any atom is 0.224 e. The second kappa shape index (κ2) is 10.6. The van der Waals surface area contributed by atoms with Crippen LogP contribution in [-0.2, 0) is 16.0 Å². The van der Waals surface area contributed by atoms with Crippen molar-refractivity contribution in [2.45, 2.75) is 47.5 Å². The highest BCUT2D eigenvalue weighted by atomic mass is 16.5. The second-order valence-corrected chi connectivity index (χ2v) is 8.80. The van der Waals surface area contributed by atoms with Gasteiger partial charge in [-0.1, -0.05) is 12.1 Å². The molecule has 0 saturated heterocycles. The SMILES string of the molecule is CCOc1nc2c(c(C)nn2-c2cccc(C)c2)c(C)c1CCC(=O)Nc1ccc(NC(C)=O)cc1. The van der Waals surface area contributed by atoms with Gasteiger partial charge in [0, 0.05) is 35.7 Å². The molecule has 2 aromatic carbocycles. The first-order valence-electron chi connectivity index (χ1n) is 12.0. The Morgan fingerprint density at radius 1 is 1.00 bits per heavy atom. The molecular weight excluding hydrogens is 454 g/mol. The van der Waals surface area contributed by atoms with Gasteiger partial charge in [0.2, 0.25) is 17.7 Å². The van der Waals surface area contributed by atoms with Crippen LogP contribution >= 0.6 is 0 Å². The fraction of sp³-hybridized carbons (Fsp3) is 0.286. The van der Waals surface area contributed by atoms with Gasteiger partial charge in [-0.15, -0.1) is 0 Å². The first-order valence-corrected chi connectivity index (χ1v) is 12.0. The highest BCUT2D eigenvalue weighted by molar-refractivity contribution is 5.92. The van der Waals surface area contributed by atoms with E-state index in [0.717, 1.165) is 39.1 Å². The molecule has 4 aromatic rings. The summed E-state index contributed by atoms with van der Waals surface area (Å²) >= 11 is 0. The van der Waals surface area contributed by atoms with E-state index in [0.29, 0.717) is 30.3 Å². The fourth-order valence-corrected chi connectivity index (χ4v) is 4.32. The maximum absolute atomic E-state index is 12.7. The van der Waals surface area contributed by atoms with Gasteiger partial charge >= 0.3 is 0 Å². The predicted octanol–water partition coefficient (Wildman–Crippen LogP) is 5.27. The number of amides is 2. The number of hydrogen-bond donors (Lipinski definition) is 2. The van der Waals surface area contributed by atoms with Crippen LogP contribution in [0.25, 0.3) is 16.7 Å². The lowest BCUT2D eigenvalue weighted by Gasteiger charge is -2.14. The van der Waals surface area contributed by atoms with Crippen LogP contribution in [0.15, 0.2) is 48.5 Å². The van der Waals surface area contributed by atoms with E-state index in [-0.39, 0.29) is 18.2 Å². The number of aromatic nitrogens is 3. The molecule has 0 atom stereocenters. The Morgan fingerprint density at radius 3 is 2.33 bits per heavy atom. The number of hydrogen-bond acceptors (Lipinski definition) is 5. The third-order valence-electron chi connectivity index (χ3n) is 5.95. The lowest BCUT2D eigenvalue weighted by atomic mass is 10.0. The van der Waals surface area contributed by atoms with Gasteiger partial charge in [0.25, 0.3) is 0 Å². The van der Waals surface area contributed by atoms with Gasteiger partial charge in [0.1, 0.15) is 0 Å². The largest absolute Gasteiger partial charge is 0.478 e. The molecule has 0 saturated carbocycles. The Morgan fingerprint density at radius 2 is 1.69 bits per heavy atom. The number of pyridine rings is 1. The summed E-state index contributed by atoms with van der Waals surface area (Å²) in [4.78, 5) is 28.8. The number of carbonyl (C=O) groups is 2. The summed E-state index contributed by atoms with van der Waals surface area (Å²) in [6.45, 7) is 9.91. The minimum absolute atomic E-state index is 0.114. The second-order valence-electron chi connectivity index (χ2n) is 8.80. The Kier molecular flexibility index (Phi) is 7.33. The van der Waals surface area contributed by atoms with Crippen molar-refractivity contribution in [2.24, 2.45) is 0 Å². The molecule has 0 spiro atoms. The summed E-state index contributed by atoms with van der Waals surface area (Å²) in [7, 11) is 0. The van der Waals surface area contributed by atoms with E-state index in [2.05, 4.69) is 16.7 Å². The summed E-state index contributed by atoms with van der Waals surface area (Å²) in [6, 6.07) is 15.2. The number of carbonyl (C=O) groups excluding carboxylic acids is 2. The molecule has 8 nitrogen and oxygen atoms in total. The van der Waals surface area contributed by atoms with Crippen LogP contribution in [0.3, 0.4) is 0 Å². The number of fused-ring (bicyclic) bond motifs is 1. The standard InChI is InChI=1S/C28H31N5O3/c1-6-36-28-24(14-15-25(35)30-22-12-10-21(11-13-22)29-20(5)34)18(3)26-19(4)32-33(27(26)31-28)23-9-7-8-17(2)16-23/h7-13,16H,6,14-15H2,1-5H3,(H,29,34)(H,30,35). The molecule has 0 aliphatic heterocycles. The normalized spacial score (nSPS) is 10.9. The van der Waals surface area contributed by atoms with Crippen LogP contribution in [0.1, 0.15) is 42.7 Å². The third kappa shape index (κ3) is 5.38. The van der Waals surface area contributed by atoms with Crippen molar-refractivity contribution in [1.29, 1.82) is 0 Å². The number of nitrogens with one attached hydrogen (secondary N) is 2. The monoisotopic (exact) mass is 485 g/mol. The smallest absolute Gasteiger partial charge is 0.224 e. The van der Waals surface area contributed by atoms with E-state index < -0.39 is 0 Å².